The Morgan fingerprint density at radius 1 is 1.33 bits per heavy atom. The summed E-state index contributed by atoms with van der Waals surface area (Å²) in [6.07, 6.45) is 0. The van der Waals surface area contributed by atoms with Crippen LogP contribution in [0.25, 0.3) is 0 Å². The summed E-state index contributed by atoms with van der Waals surface area (Å²) in [5, 5.41) is 3.44. The largest absolute Gasteiger partial charge is 0.378 e. The van der Waals surface area contributed by atoms with E-state index in [9.17, 15) is 0 Å². The summed E-state index contributed by atoms with van der Waals surface area (Å²) < 4.78 is 5.36. The molecular formula is C9H20N2O. The van der Waals surface area contributed by atoms with E-state index in [1.54, 1.807) is 0 Å². The van der Waals surface area contributed by atoms with Crippen molar-refractivity contribution in [2.45, 2.75) is 25.9 Å². The Morgan fingerprint density at radius 2 is 2.08 bits per heavy atom. The van der Waals surface area contributed by atoms with Crippen LogP contribution in [0.4, 0.5) is 0 Å². The molecular weight excluding hydrogens is 152 g/mol. The van der Waals surface area contributed by atoms with Gasteiger partial charge in [0.2, 0.25) is 0 Å². The minimum atomic E-state index is 0.596. The number of likely N-dealkylation sites (N-methyl/N-ethyl adjacent to an activating group) is 1. The molecule has 0 saturated carbocycles. The lowest BCUT2D eigenvalue weighted by Crippen LogP contribution is -2.55. The molecule has 3 nitrogen and oxygen atoms in total. The zero-order valence-corrected chi connectivity index (χ0v) is 8.34. The maximum absolute atomic E-state index is 5.36. The maximum Gasteiger partial charge on any atom is 0.0638 e. The van der Waals surface area contributed by atoms with Gasteiger partial charge in [-0.1, -0.05) is 13.8 Å². The first-order chi connectivity index (χ1) is 5.88. The van der Waals surface area contributed by atoms with Gasteiger partial charge in [0, 0.05) is 19.1 Å². The molecule has 0 aromatic rings. The Labute approximate surface area is 75.1 Å². The fraction of sp³-hybridized carbons (Fsp3) is 1.00. The standard InChI is InChI=1S/C7H14N2O.C2H6/c1-9-3-2-8-6-4-10-5-7(6)9;1-2/h6-8H,2-5H2,1H3;1-2H3. The van der Waals surface area contributed by atoms with Crippen molar-refractivity contribution in [3.63, 3.8) is 0 Å². The molecule has 2 heterocycles. The van der Waals surface area contributed by atoms with Crippen LogP contribution in [-0.4, -0.2) is 50.3 Å². The highest BCUT2D eigenvalue weighted by molar-refractivity contribution is 4.91. The van der Waals surface area contributed by atoms with Crippen molar-refractivity contribution in [2.24, 2.45) is 0 Å². The minimum Gasteiger partial charge on any atom is -0.378 e. The fourth-order valence-electron chi connectivity index (χ4n) is 1.76. The third kappa shape index (κ3) is 1.97. The SMILES string of the molecule is CC.CN1CCNC2COCC21. The molecule has 2 atom stereocenters. The summed E-state index contributed by atoms with van der Waals surface area (Å²) in [5.74, 6) is 0. The average Bonchev–Trinajstić information content (AvgIpc) is 2.57. The summed E-state index contributed by atoms with van der Waals surface area (Å²) in [6.45, 7) is 8.08. The lowest BCUT2D eigenvalue weighted by Gasteiger charge is -2.33. The van der Waals surface area contributed by atoms with Gasteiger partial charge >= 0.3 is 0 Å². The molecule has 0 spiro atoms. The maximum atomic E-state index is 5.36. The van der Waals surface area contributed by atoms with Crippen LogP contribution in [-0.2, 0) is 4.74 Å². The van der Waals surface area contributed by atoms with Crippen LogP contribution in [0.15, 0.2) is 0 Å². The molecule has 0 radical (unpaired) electrons. The van der Waals surface area contributed by atoms with Gasteiger partial charge in [0.25, 0.3) is 0 Å². The number of fused-ring (bicyclic) bond motifs is 1. The van der Waals surface area contributed by atoms with Crippen LogP contribution in [0.2, 0.25) is 0 Å². The molecule has 0 bridgehead atoms. The highest BCUT2D eigenvalue weighted by atomic mass is 16.5. The lowest BCUT2D eigenvalue weighted by atomic mass is 10.1. The molecule has 0 aromatic heterocycles. The summed E-state index contributed by atoms with van der Waals surface area (Å²) in [6, 6.07) is 1.23. The van der Waals surface area contributed by atoms with Gasteiger partial charge in [0.05, 0.1) is 19.3 Å². The zero-order valence-electron chi connectivity index (χ0n) is 8.34. The van der Waals surface area contributed by atoms with E-state index in [0.29, 0.717) is 12.1 Å². The first-order valence-electron chi connectivity index (χ1n) is 4.89. The summed E-state index contributed by atoms with van der Waals surface area (Å²) >= 11 is 0. The van der Waals surface area contributed by atoms with Crippen molar-refractivity contribution in [3.8, 4) is 0 Å². The van der Waals surface area contributed by atoms with Crippen LogP contribution >= 0.6 is 0 Å². The molecule has 0 amide bonds. The Morgan fingerprint density at radius 3 is 2.75 bits per heavy atom. The van der Waals surface area contributed by atoms with Gasteiger partial charge in [-0.05, 0) is 7.05 Å². The predicted octanol–water partition coefficient (Wildman–Crippen LogP) is 0.315. The van der Waals surface area contributed by atoms with E-state index in [0.717, 1.165) is 26.3 Å². The second kappa shape index (κ2) is 4.80. The van der Waals surface area contributed by atoms with E-state index in [-0.39, 0.29) is 0 Å². The predicted molar refractivity (Wildman–Crippen MR) is 50.4 cm³/mol. The molecule has 2 fully saturated rings. The lowest BCUT2D eigenvalue weighted by molar-refractivity contribution is 0.154. The van der Waals surface area contributed by atoms with Crippen LogP contribution in [0.5, 0.6) is 0 Å². The molecule has 2 unspecified atom stereocenters. The highest BCUT2D eigenvalue weighted by Crippen LogP contribution is 2.13. The van der Waals surface area contributed by atoms with E-state index >= 15 is 0 Å². The van der Waals surface area contributed by atoms with E-state index < -0.39 is 0 Å². The molecule has 2 saturated heterocycles. The van der Waals surface area contributed by atoms with Crippen molar-refractivity contribution in [1.29, 1.82) is 0 Å². The van der Waals surface area contributed by atoms with E-state index in [1.165, 1.54) is 0 Å². The first kappa shape index (κ1) is 9.96. The molecule has 0 aliphatic carbocycles. The molecule has 2 rings (SSSR count). The molecule has 3 heteroatoms. The number of nitrogens with one attached hydrogen (secondary N) is 1. The second-order valence-corrected chi connectivity index (χ2v) is 3.15. The fourth-order valence-corrected chi connectivity index (χ4v) is 1.76. The normalized spacial score (nSPS) is 35.2. The van der Waals surface area contributed by atoms with Crippen molar-refractivity contribution in [2.75, 3.05) is 33.4 Å². The highest BCUT2D eigenvalue weighted by Gasteiger charge is 2.33. The third-order valence-electron chi connectivity index (χ3n) is 2.49. The van der Waals surface area contributed by atoms with Gasteiger partial charge in [-0.2, -0.15) is 0 Å². The van der Waals surface area contributed by atoms with Crippen LogP contribution in [0, 0.1) is 0 Å². The van der Waals surface area contributed by atoms with E-state index in [2.05, 4.69) is 17.3 Å². The van der Waals surface area contributed by atoms with Gasteiger partial charge < -0.3 is 10.1 Å². The summed E-state index contributed by atoms with van der Waals surface area (Å²) in [7, 11) is 2.17. The smallest absolute Gasteiger partial charge is 0.0638 e. The van der Waals surface area contributed by atoms with Gasteiger partial charge in [0.15, 0.2) is 0 Å². The van der Waals surface area contributed by atoms with Crippen molar-refractivity contribution in [1.82, 2.24) is 10.2 Å². The quantitative estimate of drug-likeness (QED) is 0.569. The van der Waals surface area contributed by atoms with Crippen molar-refractivity contribution >= 4 is 0 Å². The second-order valence-electron chi connectivity index (χ2n) is 3.15. The molecule has 12 heavy (non-hydrogen) atoms. The van der Waals surface area contributed by atoms with Crippen LogP contribution in [0.1, 0.15) is 13.8 Å². The molecule has 2 aliphatic heterocycles. The topological polar surface area (TPSA) is 24.5 Å². The first-order valence-corrected chi connectivity index (χ1v) is 4.89. The minimum absolute atomic E-state index is 0.596. The van der Waals surface area contributed by atoms with Gasteiger partial charge in [-0.3, -0.25) is 4.90 Å². The molecule has 2 aliphatic rings. The number of rotatable bonds is 0. The number of hydrogen-bond donors (Lipinski definition) is 1. The average molecular weight is 172 g/mol. The van der Waals surface area contributed by atoms with Gasteiger partial charge in [-0.15, -0.1) is 0 Å². The van der Waals surface area contributed by atoms with Crippen LogP contribution in [0.3, 0.4) is 0 Å². The van der Waals surface area contributed by atoms with Crippen molar-refractivity contribution < 1.29 is 4.74 Å². The number of nitrogens with zero attached hydrogens (tertiary/aromatic N) is 1. The molecule has 0 aromatic carbocycles. The Hall–Kier alpha value is -0.120. The summed E-state index contributed by atoms with van der Waals surface area (Å²) in [4.78, 5) is 2.38. The monoisotopic (exact) mass is 172 g/mol. The summed E-state index contributed by atoms with van der Waals surface area (Å²) in [5.41, 5.74) is 0. The Balaban J connectivity index is 0.000000336. The molecule has 1 N–H and O–H groups in total. The van der Waals surface area contributed by atoms with E-state index in [1.807, 2.05) is 13.8 Å². The molecule has 72 valence electrons. The number of ether oxygens (including phenoxy) is 1. The third-order valence-corrected chi connectivity index (χ3v) is 2.49. The Bertz CT molecular complexity index is 130. The number of hydrogen-bond acceptors (Lipinski definition) is 3. The van der Waals surface area contributed by atoms with Gasteiger partial charge in [-0.25, -0.2) is 0 Å². The Kier molecular flexibility index (Phi) is 3.98. The van der Waals surface area contributed by atoms with Crippen molar-refractivity contribution in [3.05, 3.63) is 0 Å². The van der Waals surface area contributed by atoms with Crippen LogP contribution < -0.4 is 5.32 Å². The van der Waals surface area contributed by atoms with E-state index in [4.69, 9.17) is 4.74 Å². The number of piperazine rings is 1. The zero-order chi connectivity index (χ0) is 8.97. The van der Waals surface area contributed by atoms with Gasteiger partial charge in [0.1, 0.15) is 0 Å².